The molecule has 11 heteroatoms. The van der Waals surface area contributed by atoms with Gasteiger partial charge in [0.2, 0.25) is 0 Å². The number of nitrogens with zero attached hydrogens (tertiary/aromatic N) is 4. The Hall–Kier alpha value is -1.42. The van der Waals surface area contributed by atoms with Crippen LogP contribution in [0.2, 0.25) is 0 Å². The summed E-state index contributed by atoms with van der Waals surface area (Å²) < 4.78 is 17.5. The van der Waals surface area contributed by atoms with Crippen molar-refractivity contribution in [1.29, 1.82) is 0 Å². The minimum Gasteiger partial charge on any atom is -0.382 e. The van der Waals surface area contributed by atoms with Gasteiger partial charge in [-0.15, -0.1) is 4.52 Å². The fraction of sp³-hybridized carbons (Fsp3) is 0.500. The first-order valence-electron chi connectivity index (χ1n) is 6.29. The van der Waals surface area contributed by atoms with Crippen LogP contribution in [0.3, 0.4) is 0 Å². The Labute approximate surface area is 119 Å². The molecule has 2 saturated heterocycles. The van der Waals surface area contributed by atoms with Crippen molar-refractivity contribution in [1.82, 2.24) is 19.5 Å². The molecule has 2 aromatic heterocycles. The van der Waals surface area contributed by atoms with Crippen LogP contribution in [-0.2, 0) is 13.8 Å². The van der Waals surface area contributed by atoms with Gasteiger partial charge in [-0.25, -0.2) is 15.0 Å². The van der Waals surface area contributed by atoms with E-state index in [0.717, 1.165) is 0 Å². The van der Waals surface area contributed by atoms with Gasteiger partial charge in [0, 0.05) is 6.42 Å². The van der Waals surface area contributed by atoms with E-state index in [0.29, 0.717) is 23.4 Å². The highest BCUT2D eigenvalue weighted by Crippen LogP contribution is 2.58. The zero-order valence-electron chi connectivity index (χ0n) is 10.7. The summed E-state index contributed by atoms with van der Waals surface area (Å²) in [5, 5.41) is 0. The molecule has 3 atom stereocenters. The maximum Gasteiger partial charge on any atom is 0.570 e. The number of nitrogen functional groups attached to an aromatic ring is 1. The summed E-state index contributed by atoms with van der Waals surface area (Å²) in [6.07, 6.45) is 2.17. The SMILES string of the molecule is Nc1ncnc2c1ncn2C1C[C@@H]2O[P+](O)(O)OC[C@H]2O1. The molecule has 2 aromatic rings. The number of nitrogens with two attached hydrogens (primary N) is 1. The topological polar surface area (TPSA) is 138 Å². The Morgan fingerprint density at radius 3 is 3.00 bits per heavy atom. The lowest BCUT2D eigenvalue weighted by Gasteiger charge is -2.23. The maximum absolute atomic E-state index is 9.46. The highest BCUT2D eigenvalue weighted by Gasteiger charge is 2.55. The summed E-state index contributed by atoms with van der Waals surface area (Å²) in [6, 6.07) is 0. The third-order valence-corrected chi connectivity index (χ3v) is 4.59. The van der Waals surface area contributed by atoms with E-state index in [4.69, 9.17) is 19.5 Å². The van der Waals surface area contributed by atoms with Crippen molar-refractivity contribution < 1.29 is 23.6 Å². The molecule has 0 saturated carbocycles. The average Bonchev–Trinajstić information content (AvgIpc) is 3.01. The van der Waals surface area contributed by atoms with Gasteiger partial charge in [-0.05, 0) is 0 Å². The van der Waals surface area contributed by atoms with Crippen molar-refractivity contribution >= 4 is 25.2 Å². The van der Waals surface area contributed by atoms with E-state index in [1.165, 1.54) is 6.33 Å². The van der Waals surface area contributed by atoms with Gasteiger partial charge in [0.25, 0.3) is 0 Å². The van der Waals surface area contributed by atoms with Crippen molar-refractivity contribution in [3.8, 4) is 0 Å². The van der Waals surface area contributed by atoms with E-state index in [1.54, 1.807) is 10.9 Å². The minimum atomic E-state index is -3.72. The molecule has 4 N–H and O–H groups in total. The molecule has 4 rings (SSSR count). The number of hydrogen-bond donors (Lipinski definition) is 3. The number of ether oxygens (including phenoxy) is 1. The molecule has 10 nitrogen and oxygen atoms in total. The van der Waals surface area contributed by atoms with Gasteiger partial charge >= 0.3 is 8.17 Å². The van der Waals surface area contributed by atoms with Gasteiger partial charge in [-0.2, -0.15) is 14.3 Å². The second kappa shape index (κ2) is 4.54. The Bertz CT molecular complexity index is 694. The number of anilines is 1. The molecule has 0 spiro atoms. The predicted octanol–water partition coefficient (Wildman–Crippen LogP) is -0.226. The Morgan fingerprint density at radius 1 is 1.29 bits per heavy atom. The van der Waals surface area contributed by atoms with Crippen LogP contribution >= 0.6 is 8.17 Å². The van der Waals surface area contributed by atoms with Crippen LogP contribution in [0.15, 0.2) is 12.7 Å². The molecule has 0 aromatic carbocycles. The maximum atomic E-state index is 9.46. The van der Waals surface area contributed by atoms with E-state index < -0.39 is 14.3 Å². The van der Waals surface area contributed by atoms with Crippen LogP contribution in [0.1, 0.15) is 12.6 Å². The van der Waals surface area contributed by atoms with E-state index in [2.05, 4.69) is 15.0 Å². The van der Waals surface area contributed by atoms with Crippen molar-refractivity contribution in [2.24, 2.45) is 0 Å². The molecular formula is C10H13N5O5P+. The molecule has 2 fully saturated rings. The summed E-state index contributed by atoms with van der Waals surface area (Å²) >= 11 is 0. The lowest BCUT2D eigenvalue weighted by molar-refractivity contribution is -0.0748. The summed E-state index contributed by atoms with van der Waals surface area (Å²) in [6.45, 7) is 0.0751. The van der Waals surface area contributed by atoms with Crippen LogP contribution in [0.4, 0.5) is 5.82 Å². The zero-order valence-corrected chi connectivity index (χ0v) is 11.6. The van der Waals surface area contributed by atoms with E-state index >= 15 is 0 Å². The number of hydrogen-bond acceptors (Lipinski definition) is 9. The van der Waals surface area contributed by atoms with Crippen LogP contribution in [0, 0.1) is 0 Å². The monoisotopic (exact) mass is 314 g/mol. The first-order chi connectivity index (χ1) is 10.0. The molecule has 1 unspecified atom stereocenters. The van der Waals surface area contributed by atoms with Gasteiger partial charge in [0.15, 0.2) is 11.5 Å². The largest absolute Gasteiger partial charge is 0.570 e. The number of aromatic nitrogens is 4. The van der Waals surface area contributed by atoms with Gasteiger partial charge in [-0.3, -0.25) is 4.57 Å². The van der Waals surface area contributed by atoms with Gasteiger partial charge in [0.1, 0.15) is 36.9 Å². The molecule has 0 bridgehead atoms. The normalized spacial score (nSPS) is 31.4. The molecule has 2 aliphatic heterocycles. The van der Waals surface area contributed by atoms with Crippen molar-refractivity contribution in [3.05, 3.63) is 12.7 Å². The van der Waals surface area contributed by atoms with Crippen LogP contribution in [-0.4, -0.2) is 48.1 Å². The average molecular weight is 314 g/mol. The fourth-order valence-corrected chi connectivity index (χ4v) is 3.57. The van der Waals surface area contributed by atoms with E-state index in [1.807, 2.05) is 0 Å². The molecule has 2 aliphatic rings. The molecular weight excluding hydrogens is 301 g/mol. The summed E-state index contributed by atoms with van der Waals surface area (Å²) in [5.74, 6) is 0.296. The van der Waals surface area contributed by atoms with Crippen LogP contribution < -0.4 is 5.73 Å². The van der Waals surface area contributed by atoms with Gasteiger partial charge in [-0.1, -0.05) is 0 Å². The first-order valence-corrected chi connectivity index (χ1v) is 7.82. The van der Waals surface area contributed by atoms with Crippen LogP contribution in [0.25, 0.3) is 11.2 Å². The van der Waals surface area contributed by atoms with Gasteiger partial charge in [0.05, 0.1) is 6.33 Å². The van der Waals surface area contributed by atoms with Crippen LogP contribution in [0.5, 0.6) is 0 Å². The highest BCUT2D eigenvalue weighted by molar-refractivity contribution is 7.54. The third-order valence-electron chi connectivity index (χ3n) is 3.56. The highest BCUT2D eigenvalue weighted by atomic mass is 31.2. The van der Waals surface area contributed by atoms with Crippen molar-refractivity contribution in [3.63, 3.8) is 0 Å². The molecule has 0 aliphatic carbocycles. The lowest BCUT2D eigenvalue weighted by Crippen LogP contribution is -2.34. The fourth-order valence-electron chi connectivity index (χ4n) is 2.59. The second-order valence-electron chi connectivity index (χ2n) is 4.88. The van der Waals surface area contributed by atoms with Crippen molar-refractivity contribution in [2.75, 3.05) is 12.3 Å². The minimum absolute atomic E-state index is 0.0751. The van der Waals surface area contributed by atoms with E-state index in [-0.39, 0.29) is 18.9 Å². The smallest absolute Gasteiger partial charge is 0.382 e. The second-order valence-corrected chi connectivity index (χ2v) is 6.33. The zero-order chi connectivity index (χ0) is 14.6. The first kappa shape index (κ1) is 13.3. The molecule has 4 heterocycles. The number of rotatable bonds is 1. The lowest BCUT2D eigenvalue weighted by atomic mass is 10.2. The summed E-state index contributed by atoms with van der Waals surface area (Å²) in [7, 11) is -3.72. The van der Waals surface area contributed by atoms with E-state index in [9.17, 15) is 9.79 Å². The Balaban J connectivity index is 1.64. The molecule has 112 valence electrons. The predicted molar refractivity (Wildman–Crippen MR) is 70.4 cm³/mol. The Kier molecular flexibility index (Phi) is 2.86. The summed E-state index contributed by atoms with van der Waals surface area (Å²) in [5.41, 5.74) is 6.80. The van der Waals surface area contributed by atoms with Gasteiger partial charge < -0.3 is 10.5 Å². The number of imidazole rings is 1. The quantitative estimate of drug-likeness (QED) is 0.609. The molecule has 0 radical (unpaired) electrons. The standard InChI is InChI=1S/C10H13N5O5P/c11-9-8-10(13-3-12-9)15(4-14-8)7-1-5-6(19-7)2-18-21(16,17)20-5/h3-7,16-17H,1-2H2,(H2,11,12,13)/q+1/t5-,6+,7?/m0/s1. The third kappa shape index (κ3) is 2.16. The van der Waals surface area contributed by atoms with Crippen molar-refractivity contribution in [2.45, 2.75) is 24.9 Å². The summed E-state index contributed by atoms with van der Waals surface area (Å²) in [4.78, 5) is 31.1. The molecule has 21 heavy (non-hydrogen) atoms. The Morgan fingerprint density at radius 2 is 2.14 bits per heavy atom. The number of fused-ring (bicyclic) bond motifs is 2. The molecule has 0 amide bonds.